The number of aliphatic hydroxyl groups is 1. The predicted octanol–water partition coefficient (Wildman–Crippen LogP) is 4.90. The highest BCUT2D eigenvalue weighted by molar-refractivity contribution is 4.93. The van der Waals surface area contributed by atoms with Crippen LogP contribution in [0, 0.1) is 0 Å². The molecule has 0 saturated carbocycles. The Morgan fingerprint density at radius 1 is 0.905 bits per heavy atom. The van der Waals surface area contributed by atoms with Crippen LogP contribution in [0.15, 0.2) is 12.2 Å². The van der Waals surface area contributed by atoms with Gasteiger partial charge in [0.25, 0.3) is 0 Å². The monoisotopic (exact) mass is 301 g/mol. The van der Waals surface area contributed by atoms with E-state index in [0.29, 0.717) is 0 Å². The lowest BCUT2D eigenvalue weighted by atomic mass is 10.0. The minimum atomic E-state index is -0.845. The Morgan fingerprint density at radius 2 is 1.38 bits per heavy atom. The molecule has 0 aromatic heterocycles. The van der Waals surface area contributed by atoms with Gasteiger partial charge in [-0.15, -0.1) is 0 Å². The molecular formula is C18H36FNO. The smallest absolute Gasteiger partial charge is 0.107 e. The normalized spacial score (nSPS) is 14.7. The Labute approximate surface area is 131 Å². The summed E-state index contributed by atoms with van der Waals surface area (Å²) in [5.74, 6) is 0. The molecule has 126 valence electrons. The Balaban J connectivity index is 3.20. The van der Waals surface area contributed by atoms with Crippen LogP contribution in [0.2, 0.25) is 0 Å². The average molecular weight is 301 g/mol. The molecule has 0 amide bonds. The maximum absolute atomic E-state index is 12.2. The number of hydrogen-bond donors (Lipinski definition) is 2. The van der Waals surface area contributed by atoms with E-state index >= 15 is 0 Å². The molecule has 0 aromatic rings. The van der Waals surface area contributed by atoms with E-state index in [1.807, 2.05) is 6.08 Å². The highest BCUT2D eigenvalue weighted by atomic mass is 19.1. The molecule has 0 spiro atoms. The first-order valence-corrected chi connectivity index (χ1v) is 8.88. The molecule has 21 heavy (non-hydrogen) atoms. The number of nitrogens with two attached hydrogens (primary N) is 1. The maximum atomic E-state index is 12.2. The molecule has 0 saturated heterocycles. The summed E-state index contributed by atoms with van der Waals surface area (Å²) in [4.78, 5) is 0. The third kappa shape index (κ3) is 14.3. The summed E-state index contributed by atoms with van der Waals surface area (Å²) in [6, 6.07) is -0.779. The zero-order valence-corrected chi connectivity index (χ0v) is 13.9. The van der Waals surface area contributed by atoms with Crippen molar-refractivity contribution < 1.29 is 9.50 Å². The van der Waals surface area contributed by atoms with E-state index in [1.54, 1.807) is 6.08 Å². The molecule has 0 radical (unpaired) electrons. The van der Waals surface area contributed by atoms with Gasteiger partial charge in [-0.25, -0.2) is 4.39 Å². The van der Waals surface area contributed by atoms with Crippen molar-refractivity contribution in [1.29, 1.82) is 0 Å². The summed E-state index contributed by atoms with van der Waals surface area (Å²) < 4.78 is 12.2. The molecule has 2 nitrogen and oxygen atoms in total. The molecule has 2 atom stereocenters. The first kappa shape index (κ1) is 20.6. The van der Waals surface area contributed by atoms with Gasteiger partial charge in [-0.05, 0) is 12.8 Å². The number of alkyl halides is 1. The maximum Gasteiger partial charge on any atom is 0.107 e. The number of unbranched alkanes of at least 4 members (excludes halogenated alkanes) is 11. The van der Waals surface area contributed by atoms with E-state index in [0.717, 1.165) is 12.8 Å². The summed E-state index contributed by atoms with van der Waals surface area (Å²) in [5, 5.41) is 9.44. The SMILES string of the molecule is CCCCCCCCCCCCC/C=C/[C@@H](O)[C@@H](N)CF. The van der Waals surface area contributed by atoms with Crippen molar-refractivity contribution in [3.05, 3.63) is 12.2 Å². The minimum absolute atomic E-state index is 0.677. The molecule has 0 unspecified atom stereocenters. The molecule has 3 N–H and O–H groups in total. The Morgan fingerprint density at radius 3 is 1.86 bits per heavy atom. The van der Waals surface area contributed by atoms with Crippen LogP contribution in [-0.4, -0.2) is 23.9 Å². The zero-order chi connectivity index (χ0) is 15.8. The van der Waals surface area contributed by atoms with Crippen LogP contribution in [0.25, 0.3) is 0 Å². The van der Waals surface area contributed by atoms with Gasteiger partial charge < -0.3 is 10.8 Å². The molecule has 3 heteroatoms. The number of rotatable bonds is 15. The number of allylic oxidation sites excluding steroid dienone is 1. The van der Waals surface area contributed by atoms with Crippen LogP contribution < -0.4 is 5.73 Å². The Kier molecular flexibility index (Phi) is 15.7. The van der Waals surface area contributed by atoms with E-state index in [-0.39, 0.29) is 0 Å². The van der Waals surface area contributed by atoms with Crippen LogP contribution in [0.4, 0.5) is 4.39 Å². The highest BCUT2D eigenvalue weighted by Gasteiger charge is 2.09. The predicted molar refractivity (Wildman–Crippen MR) is 90.2 cm³/mol. The van der Waals surface area contributed by atoms with Gasteiger partial charge in [-0.2, -0.15) is 0 Å². The lowest BCUT2D eigenvalue weighted by Crippen LogP contribution is -2.35. The average Bonchev–Trinajstić information content (AvgIpc) is 2.50. The van der Waals surface area contributed by atoms with Crippen molar-refractivity contribution in [2.45, 2.75) is 96.1 Å². The van der Waals surface area contributed by atoms with Gasteiger partial charge in [-0.3, -0.25) is 0 Å². The second kappa shape index (κ2) is 16.0. The molecule has 0 fully saturated rings. The summed E-state index contributed by atoms with van der Waals surface area (Å²) in [5.41, 5.74) is 5.39. The van der Waals surface area contributed by atoms with Gasteiger partial charge >= 0.3 is 0 Å². The second-order valence-corrected chi connectivity index (χ2v) is 6.06. The van der Waals surface area contributed by atoms with Gasteiger partial charge in [0.1, 0.15) is 6.67 Å². The van der Waals surface area contributed by atoms with Gasteiger partial charge in [0.05, 0.1) is 12.1 Å². The van der Waals surface area contributed by atoms with Crippen LogP contribution in [0.1, 0.15) is 84.0 Å². The Bertz CT molecular complexity index is 233. The summed E-state index contributed by atoms with van der Waals surface area (Å²) in [7, 11) is 0. The minimum Gasteiger partial charge on any atom is -0.387 e. The molecule has 0 heterocycles. The largest absolute Gasteiger partial charge is 0.387 e. The molecule has 0 aromatic carbocycles. The molecule has 0 bridgehead atoms. The van der Waals surface area contributed by atoms with E-state index in [1.165, 1.54) is 64.2 Å². The quantitative estimate of drug-likeness (QED) is 0.334. The van der Waals surface area contributed by atoms with Crippen molar-refractivity contribution in [2.75, 3.05) is 6.67 Å². The van der Waals surface area contributed by atoms with Crippen molar-refractivity contribution in [3.63, 3.8) is 0 Å². The lowest BCUT2D eigenvalue weighted by Gasteiger charge is -2.10. The lowest BCUT2D eigenvalue weighted by molar-refractivity contribution is 0.174. The first-order valence-electron chi connectivity index (χ1n) is 8.88. The first-order chi connectivity index (χ1) is 10.2. The van der Waals surface area contributed by atoms with Gasteiger partial charge in [0, 0.05) is 0 Å². The summed E-state index contributed by atoms with van der Waals surface area (Å²) >= 11 is 0. The molecule has 0 rings (SSSR count). The van der Waals surface area contributed by atoms with Crippen LogP contribution in [-0.2, 0) is 0 Å². The van der Waals surface area contributed by atoms with Crippen molar-refractivity contribution in [1.82, 2.24) is 0 Å². The number of halogens is 1. The molecule has 0 aliphatic rings. The van der Waals surface area contributed by atoms with Gasteiger partial charge in [-0.1, -0.05) is 83.3 Å². The highest BCUT2D eigenvalue weighted by Crippen LogP contribution is 2.12. The topological polar surface area (TPSA) is 46.2 Å². The third-order valence-electron chi connectivity index (χ3n) is 3.92. The van der Waals surface area contributed by atoms with E-state index in [9.17, 15) is 9.50 Å². The van der Waals surface area contributed by atoms with E-state index in [2.05, 4.69) is 6.92 Å². The van der Waals surface area contributed by atoms with Gasteiger partial charge in [0.2, 0.25) is 0 Å². The fraction of sp³-hybridized carbons (Fsp3) is 0.889. The van der Waals surface area contributed by atoms with E-state index < -0.39 is 18.8 Å². The molecule has 0 aliphatic heterocycles. The second-order valence-electron chi connectivity index (χ2n) is 6.06. The standard InChI is InChI=1S/C18H36FNO/c1-2-3-4-5-6-7-8-9-10-11-12-13-14-15-18(21)17(20)16-19/h14-15,17-18,21H,2-13,16,20H2,1H3/b15-14+/t17-,18+/m0/s1. The fourth-order valence-electron chi connectivity index (χ4n) is 2.40. The number of hydrogen-bond acceptors (Lipinski definition) is 2. The van der Waals surface area contributed by atoms with Crippen LogP contribution in [0.3, 0.4) is 0 Å². The van der Waals surface area contributed by atoms with Crippen molar-refractivity contribution in [2.24, 2.45) is 5.73 Å². The van der Waals surface area contributed by atoms with E-state index in [4.69, 9.17) is 5.73 Å². The molecule has 0 aliphatic carbocycles. The van der Waals surface area contributed by atoms with Crippen LogP contribution in [0.5, 0.6) is 0 Å². The summed E-state index contributed by atoms with van der Waals surface area (Å²) in [6.45, 7) is 1.58. The Hall–Kier alpha value is -0.410. The third-order valence-corrected chi connectivity index (χ3v) is 3.92. The fourth-order valence-corrected chi connectivity index (χ4v) is 2.40. The van der Waals surface area contributed by atoms with Crippen molar-refractivity contribution >= 4 is 0 Å². The van der Waals surface area contributed by atoms with Crippen molar-refractivity contribution in [3.8, 4) is 0 Å². The summed E-state index contributed by atoms with van der Waals surface area (Å²) in [6.07, 6.45) is 18.4. The zero-order valence-electron chi connectivity index (χ0n) is 13.9. The number of aliphatic hydroxyl groups excluding tert-OH is 1. The molecular weight excluding hydrogens is 265 g/mol. The van der Waals surface area contributed by atoms with Gasteiger partial charge in [0.15, 0.2) is 0 Å². The van der Waals surface area contributed by atoms with Crippen LogP contribution >= 0.6 is 0 Å².